The lowest BCUT2D eigenvalue weighted by Gasteiger charge is -1.98. The molecule has 0 bridgehead atoms. The quantitative estimate of drug-likeness (QED) is 0.331. The lowest BCUT2D eigenvalue weighted by Crippen LogP contribution is -2.04. The molecule has 0 aliphatic heterocycles. The van der Waals surface area contributed by atoms with E-state index in [2.05, 4.69) is 4.74 Å². The van der Waals surface area contributed by atoms with Crippen molar-refractivity contribution in [3.8, 4) is 0 Å². The van der Waals surface area contributed by atoms with Gasteiger partial charge in [0.05, 0.1) is 6.61 Å². The van der Waals surface area contributed by atoms with Gasteiger partial charge in [0, 0.05) is 5.57 Å². The molecule has 0 aromatic carbocycles. The van der Waals surface area contributed by atoms with Crippen LogP contribution in [0.3, 0.4) is 0 Å². The van der Waals surface area contributed by atoms with Gasteiger partial charge in [0.2, 0.25) is 0 Å². The zero-order valence-corrected chi connectivity index (χ0v) is 6.09. The van der Waals surface area contributed by atoms with Crippen LogP contribution in [0, 0.1) is 0 Å². The number of ether oxygens (including phenoxy) is 1. The summed E-state index contributed by atoms with van der Waals surface area (Å²) in [4.78, 5) is 20.5. The smallest absolute Gasteiger partial charge is 0.333 e. The minimum atomic E-state index is -0.436. The molecule has 0 amide bonds. The Labute approximate surface area is 59.7 Å². The summed E-state index contributed by atoms with van der Waals surface area (Å²) in [5, 5.41) is 0. The molecule has 0 N–H and O–H groups in total. The third-order valence-electron chi connectivity index (χ3n) is 0.915. The van der Waals surface area contributed by atoms with Crippen molar-refractivity contribution in [2.24, 2.45) is 0 Å². The molecule has 0 heterocycles. The van der Waals surface area contributed by atoms with Crippen molar-refractivity contribution in [3.05, 3.63) is 11.6 Å². The van der Waals surface area contributed by atoms with E-state index in [1.165, 1.54) is 13.0 Å². The minimum Gasteiger partial charge on any atom is -0.463 e. The van der Waals surface area contributed by atoms with E-state index in [1.807, 2.05) is 0 Å². The predicted octanol–water partition coefficient (Wildman–Crippen LogP) is 0.695. The predicted molar refractivity (Wildman–Crippen MR) is 36.5 cm³/mol. The maximum absolute atomic E-state index is 10.7. The van der Waals surface area contributed by atoms with Gasteiger partial charge >= 0.3 is 5.97 Å². The molecule has 0 radical (unpaired) electrons. The number of esters is 1. The van der Waals surface area contributed by atoms with Crippen molar-refractivity contribution in [1.82, 2.24) is 0 Å². The molecule has 3 nitrogen and oxygen atoms in total. The fraction of sp³-hybridized carbons (Fsp3) is 0.429. The normalized spacial score (nSPS) is 10.8. The second kappa shape index (κ2) is 4.73. The number of hydrogen-bond acceptors (Lipinski definition) is 3. The summed E-state index contributed by atoms with van der Waals surface area (Å²) in [5.74, 6) is -0.436. The Morgan fingerprint density at radius 2 is 2.20 bits per heavy atom. The zero-order valence-electron chi connectivity index (χ0n) is 6.09. The molecule has 0 rings (SSSR count). The highest BCUT2D eigenvalue weighted by Gasteiger charge is 2.01. The monoisotopic (exact) mass is 142 g/mol. The standard InChI is InChI=1S/C7H10O3/c1-3-10-7(9)6(2)4-5-8/h4-5H,3H2,1-2H3. The van der Waals surface area contributed by atoms with Crippen molar-refractivity contribution < 1.29 is 14.3 Å². The molecule has 0 unspecified atom stereocenters. The van der Waals surface area contributed by atoms with Crippen LogP contribution in [0.1, 0.15) is 13.8 Å². The third kappa shape index (κ3) is 3.02. The van der Waals surface area contributed by atoms with Crippen molar-refractivity contribution >= 4 is 12.3 Å². The minimum absolute atomic E-state index is 0.330. The van der Waals surface area contributed by atoms with Gasteiger partial charge in [-0.05, 0) is 19.9 Å². The topological polar surface area (TPSA) is 43.4 Å². The van der Waals surface area contributed by atoms with Crippen LogP contribution in [0.15, 0.2) is 11.6 Å². The van der Waals surface area contributed by atoms with Crippen LogP contribution in [0.5, 0.6) is 0 Å². The average Bonchev–Trinajstić information content (AvgIpc) is 1.89. The lowest BCUT2D eigenvalue weighted by molar-refractivity contribution is -0.138. The van der Waals surface area contributed by atoms with Gasteiger partial charge in [0.15, 0.2) is 0 Å². The summed E-state index contributed by atoms with van der Waals surface area (Å²) in [6.45, 7) is 3.58. The van der Waals surface area contributed by atoms with Crippen LogP contribution in [0.2, 0.25) is 0 Å². The van der Waals surface area contributed by atoms with Crippen molar-refractivity contribution in [3.63, 3.8) is 0 Å². The summed E-state index contributed by atoms with van der Waals surface area (Å²) in [6.07, 6.45) is 1.74. The van der Waals surface area contributed by atoms with E-state index in [0.717, 1.165) is 0 Å². The SMILES string of the molecule is CCOC(=O)C(C)=CC=O. The fourth-order valence-electron chi connectivity index (χ4n) is 0.415. The molecular weight excluding hydrogens is 132 g/mol. The second-order valence-corrected chi connectivity index (χ2v) is 1.71. The van der Waals surface area contributed by atoms with Gasteiger partial charge in [0.25, 0.3) is 0 Å². The van der Waals surface area contributed by atoms with E-state index in [-0.39, 0.29) is 0 Å². The Morgan fingerprint density at radius 3 is 2.60 bits per heavy atom. The summed E-state index contributed by atoms with van der Waals surface area (Å²) < 4.78 is 4.59. The number of carbonyl (C=O) groups excluding carboxylic acids is 2. The fourth-order valence-corrected chi connectivity index (χ4v) is 0.415. The van der Waals surface area contributed by atoms with Gasteiger partial charge in [-0.3, -0.25) is 4.79 Å². The van der Waals surface area contributed by atoms with Crippen LogP contribution < -0.4 is 0 Å². The molecule has 10 heavy (non-hydrogen) atoms. The van der Waals surface area contributed by atoms with E-state index < -0.39 is 5.97 Å². The highest BCUT2D eigenvalue weighted by molar-refractivity contribution is 5.91. The Hall–Kier alpha value is -1.12. The van der Waals surface area contributed by atoms with Crippen molar-refractivity contribution in [2.75, 3.05) is 6.61 Å². The van der Waals surface area contributed by atoms with Crippen molar-refractivity contribution in [1.29, 1.82) is 0 Å². The summed E-state index contributed by atoms with van der Waals surface area (Å²) in [7, 11) is 0. The van der Waals surface area contributed by atoms with Gasteiger partial charge in [-0.2, -0.15) is 0 Å². The number of allylic oxidation sites excluding steroid dienone is 1. The van der Waals surface area contributed by atoms with Crippen LogP contribution >= 0.6 is 0 Å². The Kier molecular flexibility index (Phi) is 4.20. The average molecular weight is 142 g/mol. The van der Waals surface area contributed by atoms with E-state index in [1.54, 1.807) is 6.92 Å². The van der Waals surface area contributed by atoms with Gasteiger partial charge in [-0.1, -0.05) is 0 Å². The van der Waals surface area contributed by atoms with Gasteiger partial charge in [-0.15, -0.1) is 0 Å². The van der Waals surface area contributed by atoms with Crippen LogP contribution in [-0.4, -0.2) is 18.9 Å². The van der Waals surface area contributed by atoms with E-state index in [9.17, 15) is 9.59 Å². The molecule has 56 valence electrons. The van der Waals surface area contributed by atoms with E-state index >= 15 is 0 Å². The first-order chi connectivity index (χ1) is 4.72. The molecule has 0 aliphatic carbocycles. The van der Waals surface area contributed by atoms with E-state index in [4.69, 9.17) is 0 Å². The summed E-state index contributed by atoms with van der Waals surface area (Å²) >= 11 is 0. The molecule has 0 saturated heterocycles. The number of hydrogen-bond donors (Lipinski definition) is 0. The molecular formula is C7H10O3. The second-order valence-electron chi connectivity index (χ2n) is 1.71. The largest absolute Gasteiger partial charge is 0.463 e. The van der Waals surface area contributed by atoms with Gasteiger partial charge in [0.1, 0.15) is 6.29 Å². The number of aldehydes is 1. The molecule has 0 atom stereocenters. The van der Waals surface area contributed by atoms with Crippen LogP contribution in [-0.2, 0) is 14.3 Å². The molecule has 0 aromatic heterocycles. The molecule has 0 spiro atoms. The first kappa shape index (κ1) is 8.88. The molecule has 0 saturated carbocycles. The zero-order chi connectivity index (χ0) is 7.98. The maximum Gasteiger partial charge on any atom is 0.333 e. The molecule has 0 aliphatic rings. The molecule has 0 aromatic rings. The number of carbonyl (C=O) groups is 2. The van der Waals surface area contributed by atoms with Crippen LogP contribution in [0.4, 0.5) is 0 Å². The maximum atomic E-state index is 10.7. The first-order valence-electron chi connectivity index (χ1n) is 3.01. The summed E-state index contributed by atoms with van der Waals surface area (Å²) in [6, 6.07) is 0. The molecule has 3 heteroatoms. The highest BCUT2D eigenvalue weighted by Crippen LogP contribution is 1.93. The van der Waals surface area contributed by atoms with Gasteiger partial charge < -0.3 is 4.74 Å². The highest BCUT2D eigenvalue weighted by atomic mass is 16.5. The van der Waals surface area contributed by atoms with Gasteiger partial charge in [-0.25, -0.2) is 4.79 Å². The molecule has 0 fully saturated rings. The Morgan fingerprint density at radius 1 is 1.60 bits per heavy atom. The number of rotatable bonds is 3. The van der Waals surface area contributed by atoms with Crippen molar-refractivity contribution in [2.45, 2.75) is 13.8 Å². The Bertz CT molecular complexity index is 158. The Balaban J connectivity index is 3.93. The van der Waals surface area contributed by atoms with E-state index in [0.29, 0.717) is 18.5 Å². The summed E-state index contributed by atoms with van der Waals surface area (Å²) in [5.41, 5.74) is 0.330. The lowest BCUT2D eigenvalue weighted by atomic mass is 10.3. The van der Waals surface area contributed by atoms with Crippen LogP contribution in [0.25, 0.3) is 0 Å². The first-order valence-corrected chi connectivity index (χ1v) is 3.01. The third-order valence-corrected chi connectivity index (χ3v) is 0.915.